The molecule has 0 fully saturated rings. The van der Waals surface area contributed by atoms with Crippen LogP contribution in [-0.2, 0) is 0 Å². The summed E-state index contributed by atoms with van der Waals surface area (Å²) in [5.74, 6) is 6.20. The molecule has 0 aliphatic rings. The second-order valence-corrected chi connectivity index (χ2v) is 5.80. The van der Waals surface area contributed by atoms with Gasteiger partial charge in [-0.25, -0.2) is 4.39 Å². The summed E-state index contributed by atoms with van der Waals surface area (Å²) in [4.78, 5) is 0. The van der Waals surface area contributed by atoms with Gasteiger partial charge in [0, 0.05) is 11.0 Å². The molecule has 17 heavy (non-hydrogen) atoms. The molecule has 0 saturated heterocycles. The van der Waals surface area contributed by atoms with E-state index >= 15 is 0 Å². The van der Waals surface area contributed by atoms with Crippen LogP contribution in [0.3, 0.4) is 0 Å². The first-order valence-corrected chi connectivity index (χ1v) is 6.96. The van der Waals surface area contributed by atoms with Crippen LogP contribution in [0.25, 0.3) is 0 Å². The number of benzene rings is 1. The maximum Gasteiger partial charge on any atom is 0.123 e. The number of nitrogens with two attached hydrogens (primary N) is 1. The van der Waals surface area contributed by atoms with Crippen LogP contribution in [0.15, 0.2) is 18.2 Å². The number of hydrogen-bond acceptors (Lipinski definition) is 3. The largest absolute Gasteiger partial charge is 0.271 e. The first-order chi connectivity index (χ1) is 8.06. The quantitative estimate of drug-likeness (QED) is 0.606. The zero-order valence-electron chi connectivity index (χ0n) is 10.7. The summed E-state index contributed by atoms with van der Waals surface area (Å²) >= 11 is 1.85. The van der Waals surface area contributed by atoms with Gasteiger partial charge in [-0.05, 0) is 36.6 Å². The molecule has 0 saturated carbocycles. The van der Waals surface area contributed by atoms with E-state index in [1.807, 2.05) is 24.8 Å². The van der Waals surface area contributed by atoms with Gasteiger partial charge in [-0.3, -0.25) is 11.3 Å². The van der Waals surface area contributed by atoms with Crippen LogP contribution >= 0.6 is 11.8 Å². The Morgan fingerprint density at radius 3 is 2.65 bits per heavy atom. The molecule has 96 valence electrons. The normalized spacial score (nSPS) is 14.6. The van der Waals surface area contributed by atoms with E-state index in [4.69, 9.17) is 5.84 Å². The highest BCUT2D eigenvalue weighted by Crippen LogP contribution is 2.23. The maximum absolute atomic E-state index is 13.3. The van der Waals surface area contributed by atoms with Crippen molar-refractivity contribution < 1.29 is 4.39 Å². The second-order valence-electron chi connectivity index (χ2n) is 4.33. The molecule has 0 aliphatic heterocycles. The van der Waals surface area contributed by atoms with Gasteiger partial charge in [0.15, 0.2) is 0 Å². The first-order valence-electron chi connectivity index (χ1n) is 5.91. The van der Waals surface area contributed by atoms with E-state index < -0.39 is 0 Å². The molecular weight excluding hydrogens is 235 g/mol. The van der Waals surface area contributed by atoms with Crippen molar-refractivity contribution in [1.29, 1.82) is 0 Å². The van der Waals surface area contributed by atoms with E-state index in [0.717, 1.165) is 23.3 Å². The number of halogens is 1. The Kier molecular flexibility index (Phi) is 5.95. The average molecular weight is 256 g/mol. The van der Waals surface area contributed by atoms with Crippen molar-refractivity contribution >= 4 is 11.8 Å². The molecular formula is C13H21FN2S. The molecule has 0 aromatic heterocycles. The van der Waals surface area contributed by atoms with E-state index in [-0.39, 0.29) is 11.9 Å². The van der Waals surface area contributed by atoms with Gasteiger partial charge < -0.3 is 0 Å². The van der Waals surface area contributed by atoms with Crippen LogP contribution in [0.1, 0.15) is 37.4 Å². The molecule has 1 aromatic carbocycles. The van der Waals surface area contributed by atoms with Gasteiger partial charge in [0.1, 0.15) is 5.82 Å². The summed E-state index contributed by atoms with van der Waals surface area (Å²) in [6.45, 7) is 6.24. The highest BCUT2D eigenvalue weighted by Gasteiger charge is 2.12. The maximum atomic E-state index is 13.3. The van der Waals surface area contributed by atoms with E-state index in [1.54, 1.807) is 6.07 Å². The summed E-state index contributed by atoms with van der Waals surface area (Å²) in [5.41, 5.74) is 4.61. The van der Waals surface area contributed by atoms with Gasteiger partial charge >= 0.3 is 0 Å². The Morgan fingerprint density at radius 2 is 2.12 bits per heavy atom. The van der Waals surface area contributed by atoms with Gasteiger partial charge in [-0.1, -0.05) is 19.9 Å². The van der Waals surface area contributed by atoms with Gasteiger partial charge in [0.25, 0.3) is 0 Å². The lowest BCUT2D eigenvalue weighted by Gasteiger charge is -2.18. The fourth-order valence-corrected chi connectivity index (χ4v) is 2.63. The van der Waals surface area contributed by atoms with E-state index in [9.17, 15) is 4.39 Å². The monoisotopic (exact) mass is 256 g/mol. The van der Waals surface area contributed by atoms with Crippen LogP contribution in [0.2, 0.25) is 0 Å². The molecule has 1 rings (SSSR count). The molecule has 0 aliphatic carbocycles. The molecule has 0 amide bonds. The zero-order chi connectivity index (χ0) is 12.8. The van der Waals surface area contributed by atoms with Crippen molar-refractivity contribution in [2.45, 2.75) is 38.5 Å². The average Bonchev–Trinajstić information content (AvgIpc) is 2.28. The van der Waals surface area contributed by atoms with Gasteiger partial charge in [0.05, 0.1) is 6.04 Å². The third-order valence-electron chi connectivity index (χ3n) is 2.79. The van der Waals surface area contributed by atoms with Crippen molar-refractivity contribution in [1.82, 2.24) is 5.43 Å². The van der Waals surface area contributed by atoms with Gasteiger partial charge in [0.2, 0.25) is 0 Å². The summed E-state index contributed by atoms with van der Waals surface area (Å²) in [6, 6.07) is 5.06. The SMILES string of the molecule is CCC(C)SCC(NN)c1cc(C)cc(F)c1. The Morgan fingerprint density at radius 1 is 1.41 bits per heavy atom. The zero-order valence-corrected chi connectivity index (χ0v) is 11.5. The summed E-state index contributed by atoms with van der Waals surface area (Å²) in [7, 11) is 0. The van der Waals surface area contributed by atoms with Crippen LogP contribution in [0.5, 0.6) is 0 Å². The second kappa shape index (κ2) is 6.99. The lowest BCUT2D eigenvalue weighted by atomic mass is 10.1. The summed E-state index contributed by atoms with van der Waals surface area (Å²) in [5, 5.41) is 0.598. The lowest BCUT2D eigenvalue weighted by Crippen LogP contribution is -2.30. The standard InChI is InChI=1S/C13H21FN2S/c1-4-10(3)17-8-13(16-15)11-5-9(2)6-12(14)7-11/h5-7,10,13,16H,4,8,15H2,1-3H3. The molecule has 2 unspecified atom stereocenters. The molecule has 1 aromatic rings. The highest BCUT2D eigenvalue weighted by molar-refractivity contribution is 7.99. The van der Waals surface area contributed by atoms with Gasteiger partial charge in [-0.15, -0.1) is 0 Å². The Labute approximate surface area is 107 Å². The topological polar surface area (TPSA) is 38.0 Å². The molecule has 4 heteroatoms. The Balaban J connectivity index is 2.72. The van der Waals surface area contributed by atoms with Crippen LogP contribution < -0.4 is 11.3 Å². The number of hydrazine groups is 1. The number of rotatable bonds is 6. The van der Waals surface area contributed by atoms with Crippen LogP contribution in [0, 0.1) is 12.7 Å². The third-order valence-corrected chi connectivity index (χ3v) is 4.22. The predicted octanol–water partition coefficient (Wildman–Crippen LogP) is 3.17. The minimum Gasteiger partial charge on any atom is -0.271 e. The number of thioether (sulfide) groups is 1. The Bertz CT molecular complexity index is 337. The van der Waals surface area contributed by atoms with E-state index in [2.05, 4.69) is 19.3 Å². The lowest BCUT2D eigenvalue weighted by molar-refractivity contribution is 0.589. The van der Waals surface area contributed by atoms with Crippen molar-refractivity contribution in [3.05, 3.63) is 35.1 Å². The number of aryl methyl sites for hydroxylation is 1. The minimum atomic E-state index is -0.200. The summed E-state index contributed by atoms with van der Waals surface area (Å²) < 4.78 is 13.3. The van der Waals surface area contributed by atoms with E-state index in [0.29, 0.717) is 5.25 Å². The van der Waals surface area contributed by atoms with Crippen molar-refractivity contribution in [3.8, 4) is 0 Å². The number of nitrogens with one attached hydrogen (secondary N) is 1. The molecule has 2 nitrogen and oxygen atoms in total. The fourth-order valence-electron chi connectivity index (χ4n) is 1.58. The third kappa shape index (κ3) is 4.66. The highest BCUT2D eigenvalue weighted by atomic mass is 32.2. The first kappa shape index (κ1) is 14.5. The van der Waals surface area contributed by atoms with E-state index in [1.165, 1.54) is 6.07 Å². The van der Waals surface area contributed by atoms with Crippen molar-refractivity contribution in [3.63, 3.8) is 0 Å². The van der Waals surface area contributed by atoms with Crippen molar-refractivity contribution in [2.75, 3.05) is 5.75 Å². The fraction of sp³-hybridized carbons (Fsp3) is 0.538. The van der Waals surface area contributed by atoms with Crippen LogP contribution in [-0.4, -0.2) is 11.0 Å². The summed E-state index contributed by atoms with van der Waals surface area (Å²) in [6.07, 6.45) is 1.13. The van der Waals surface area contributed by atoms with Crippen LogP contribution in [0.4, 0.5) is 4.39 Å². The molecule has 2 atom stereocenters. The molecule has 0 heterocycles. The minimum absolute atomic E-state index is 0.00315. The molecule has 3 N–H and O–H groups in total. The Hall–Kier alpha value is -0.580. The molecule has 0 radical (unpaired) electrons. The number of hydrogen-bond donors (Lipinski definition) is 2. The van der Waals surface area contributed by atoms with Gasteiger partial charge in [-0.2, -0.15) is 11.8 Å². The smallest absolute Gasteiger partial charge is 0.123 e. The van der Waals surface area contributed by atoms with Crippen molar-refractivity contribution in [2.24, 2.45) is 5.84 Å². The predicted molar refractivity (Wildman–Crippen MR) is 73.4 cm³/mol. The molecule has 0 spiro atoms. The molecule has 0 bridgehead atoms.